The lowest BCUT2D eigenvalue weighted by Crippen LogP contribution is -2.33. The standard InChI is InChI=1S/C20H27BrN6O4/c1-2-18(28)23-7-3-9-31-17-5-4-13(10-15(17)21)11-16(27-30)19(29)24-8-6-14-12-25-20(22)26-14/h4-5,10,12,30H,2-3,6-9,11H2,1H3,(H,23,28)(H,24,29)(H3,22,25,26)/b27-16+. The zero-order valence-electron chi connectivity index (χ0n) is 17.3. The monoisotopic (exact) mass is 494 g/mol. The zero-order valence-corrected chi connectivity index (χ0v) is 18.9. The first-order chi connectivity index (χ1) is 14.9. The van der Waals surface area contributed by atoms with E-state index < -0.39 is 5.91 Å². The molecule has 1 heterocycles. The second kappa shape index (κ2) is 12.6. The maximum absolute atomic E-state index is 12.3. The summed E-state index contributed by atoms with van der Waals surface area (Å²) in [6.45, 7) is 3.16. The molecule has 2 rings (SSSR count). The predicted octanol–water partition coefficient (Wildman–Crippen LogP) is 1.78. The fourth-order valence-corrected chi connectivity index (χ4v) is 3.19. The minimum atomic E-state index is -0.458. The Labute approximate surface area is 188 Å². The first-order valence-corrected chi connectivity index (χ1v) is 10.7. The van der Waals surface area contributed by atoms with E-state index in [2.05, 4.69) is 41.7 Å². The van der Waals surface area contributed by atoms with Gasteiger partial charge >= 0.3 is 0 Å². The van der Waals surface area contributed by atoms with E-state index in [0.717, 1.165) is 15.7 Å². The van der Waals surface area contributed by atoms with Crippen LogP contribution in [0.1, 0.15) is 31.0 Å². The molecule has 11 heteroatoms. The molecule has 0 aliphatic carbocycles. The second-order valence-corrected chi connectivity index (χ2v) is 7.55. The number of rotatable bonds is 12. The molecule has 1 aromatic carbocycles. The van der Waals surface area contributed by atoms with Crippen LogP contribution in [-0.2, 0) is 22.4 Å². The summed E-state index contributed by atoms with van der Waals surface area (Å²) < 4.78 is 6.43. The number of aromatic amines is 1. The molecule has 0 spiro atoms. The van der Waals surface area contributed by atoms with Gasteiger partial charge in [0.15, 0.2) is 5.95 Å². The van der Waals surface area contributed by atoms with Crippen molar-refractivity contribution in [3.05, 3.63) is 40.1 Å². The maximum atomic E-state index is 12.3. The average molecular weight is 495 g/mol. The van der Waals surface area contributed by atoms with Crippen molar-refractivity contribution in [1.82, 2.24) is 20.6 Å². The van der Waals surface area contributed by atoms with Gasteiger partial charge in [0.05, 0.1) is 17.3 Å². The number of nitrogen functional groups attached to an aromatic ring is 1. The van der Waals surface area contributed by atoms with Crippen LogP contribution in [0.2, 0.25) is 0 Å². The van der Waals surface area contributed by atoms with Crippen LogP contribution in [0.5, 0.6) is 5.75 Å². The number of benzene rings is 1. The van der Waals surface area contributed by atoms with Crippen molar-refractivity contribution in [1.29, 1.82) is 0 Å². The summed E-state index contributed by atoms with van der Waals surface area (Å²) in [5.74, 6) is 0.527. The van der Waals surface area contributed by atoms with Crippen molar-refractivity contribution < 1.29 is 19.5 Å². The molecule has 0 radical (unpaired) electrons. The van der Waals surface area contributed by atoms with Crippen LogP contribution >= 0.6 is 15.9 Å². The number of carbonyl (C=O) groups excluding carboxylic acids is 2. The highest BCUT2D eigenvalue weighted by Gasteiger charge is 2.14. The lowest BCUT2D eigenvalue weighted by Gasteiger charge is -2.11. The lowest BCUT2D eigenvalue weighted by molar-refractivity contribution is -0.120. The van der Waals surface area contributed by atoms with Crippen molar-refractivity contribution >= 4 is 39.4 Å². The lowest BCUT2D eigenvalue weighted by atomic mass is 10.1. The van der Waals surface area contributed by atoms with Crippen LogP contribution in [0.25, 0.3) is 0 Å². The number of amides is 2. The smallest absolute Gasteiger partial charge is 0.269 e. The molecule has 0 bridgehead atoms. The molecule has 6 N–H and O–H groups in total. The molecule has 10 nitrogen and oxygen atoms in total. The molecule has 2 aromatic rings. The maximum Gasteiger partial charge on any atom is 0.269 e. The number of nitrogens with zero attached hydrogens (tertiary/aromatic N) is 2. The number of H-pyrrole nitrogens is 1. The van der Waals surface area contributed by atoms with E-state index >= 15 is 0 Å². The Balaban J connectivity index is 1.80. The Morgan fingerprint density at radius 1 is 1.32 bits per heavy atom. The second-order valence-electron chi connectivity index (χ2n) is 6.69. The number of carbonyl (C=O) groups is 2. The molecular formula is C20H27BrN6O4. The van der Waals surface area contributed by atoms with Crippen molar-refractivity contribution in [3.8, 4) is 5.75 Å². The Bertz CT molecular complexity index is 915. The molecule has 0 saturated carbocycles. The molecule has 2 amide bonds. The van der Waals surface area contributed by atoms with Crippen LogP contribution in [-0.4, -0.2) is 52.4 Å². The quantitative estimate of drug-likeness (QED) is 0.131. The highest BCUT2D eigenvalue weighted by atomic mass is 79.9. The Morgan fingerprint density at radius 3 is 2.77 bits per heavy atom. The largest absolute Gasteiger partial charge is 0.492 e. The Kier molecular flexibility index (Phi) is 9.82. The SMILES string of the molecule is CCC(=O)NCCCOc1ccc(C/C(=N\O)C(=O)NCCc2cnc(N)[nH]2)cc1Br. The van der Waals surface area contributed by atoms with E-state index in [9.17, 15) is 14.8 Å². The molecule has 0 aliphatic heterocycles. The molecule has 1 aromatic heterocycles. The van der Waals surface area contributed by atoms with Crippen molar-refractivity contribution in [2.75, 3.05) is 25.4 Å². The molecule has 0 atom stereocenters. The summed E-state index contributed by atoms with van der Waals surface area (Å²) in [5.41, 5.74) is 7.08. The van der Waals surface area contributed by atoms with Gasteiger partial charge < -0.3 is 31.3 Å². The van der Waals surface area contributed by atoms with Crippen LogP contribution in [0.3, 0.4) is 0 Å². The van der Waals surface area contributed by atoms with Gasteiger partial charge in [0.2, 0.25) is 5.91 Å². The van der Waals surface area contributed by atoms with E-state index in [4.69, 9.17) is 10.5 Å². The number of hydrogen-bond acceptors (Lipinski definition) is 7. The van der Waals surface area contributed by atoms with E-state index in [1.807, 2.05) is 0 Å². The van der Waals surface area contributed by atoms with Crippen molar-refractivity contribution in [2.24, 2.45) is 5.16 Å². The number of oxime groups is 1. The van der Waals surface area contributed by atoms with Gasteiger partial charge in [-0.25, -0.2) is 4.98 Å². The summed E-state index contributed by atoms with van der Waals surface area (Å²) in [4.78, 5) is 30.2. The molecule has 0 unspecified atom stereocenters. The molecule has 0 aliphatic rings. The number of nitrogens with one attached hydrogen (secondary N) is 3. The highest BCUT2D eigenvalue weighted by molar-refractivity contribution is 9.10. The number of halogens is 1. The molecule has 168 valence electrons. The number of ether oxygens (including phenoxy) is 1. The first-order valence-electron chi connectivity index (χ1n) is 9.89. The summed E-state index contributed by atoms with van der Waals surface area (Å²) >= 11 is 3.45. The number of hydrogen-bond donors (Lipinski definition) is 5. The molecule has 0 saturated heterocycles. The van der Waals surface area contributed by atoms with E-state index in [0.29, 0.717) is 50.7 Å². The number of anilines is 1. The van der Waals surface area contributed by atoms with Gasteiger partial charge in [0.1, 0.15) is 11.5 Å². The van der Waals surface area contributed by atoms with Gasteiger partial charge in [-0.2, -0.15) is 0 Å². The van der Waals surface area contributed by atoms with Crippen molar-refractivity contribution in [2.45, 2.75) is 32.6 Å². The number of aromatic nitrogens is 2. The van der Waals surface area contributed by atoms with Gasteiger partial charge in [-0.1, -0.05) is 18.1 Å². The van der Waals surface area contributed by atoms with Gasteiger partial charge in [-0.15, -0.1) is 0 Å². The van der Waals surface area contributed by atoms with Crippen LogP contribution in [0.4, 0.5) is 5.95 Å². The minimum Gasteiger partial charge on any atom is -0.492 e. The minimum absolute atomic E-state index is 0.00337. The van der Waals surface area contributed by atoms with Crippen molar-refractivity contribution in [3.63, 3.8) is 0 Å². The summed E-state index contributed by atoms with van der Waals surface area (Å²) in [5, 5.41) is 17.9. The van der Waals surface area contributed by atoms with Crippen LogP contribution < -0.4 is 21.1 Å². The third-order valence-corrected chi connectivity index (χ3v) is 4.92. The molecule has 0 fully saturated rings. The average Bonchev–Trinajstić information content (AvgIpc) is 3.17. The van der Waals surface area contributed by atoms with Gasteiger partial charge in [0, 0.05) is 38.0 Å². The number of imidazole rings is 1. The fraction of sp³-hybridized carbons (Fsp3) is 0.400. The summed E-state index contributed by atoms with van der Waals surface area (Å²) in [6, 6.07) is 5.38. The predicted molar refractivity (Wildman–Crippen MR) is 120 cm³/mol. The van der Waals surface area contributed by atoms with E-state index in [-0.39, 0.29) is 18.0 Å². The normalized spacial score (nSPS) is 11.2. The van der Waals surface area contributed by atoms with E-state index in [1.165, 1.54) is 0 Å². The summed E-state index contributed by atoms with van der Waals surface area (Å²) in [6.07, 6.45) is 3.43. The Morgan fingerprint density at radius 2 is 2.13 bits per heavy atom. The zero-order chi connectivity index (χ0) is 22.6. The van der Waals surface area contributed by atoms with Crippen LogP contribution in [0, 0.1) is 0 Å². The van der Waals surface area contributed by atoms with Gasteiger partial charge in [-0.3, -0.25) is 9.59 Å². The molecular weight excluding hydrogens is 468 g/mol. The topological polar surface area (TPSA) is 155 Å². The third kappa shape index (κ3) is 8.28. The van der Waals surface area contributed by atoms with E-state index in [1.54, 1.807) is 31.3 Å². The van der Waals surface area contributed by atoms with Gasteiger partial charge in [-0.05, 0) is 40.0 Å². The van der Waals surface area contributed by atoms with Crippen LogP contribution in [0.15, 0.2) is 34.0 Å². The highest BCUT2D eigenvalue weighted by Crippen LogP contribution is 2.26. The molecule has 31 heavy (non-hydrogen) atoms. The van der Waals surface area contributed by atoms with Gasteiger partial charge in [0.25, 0.3) is 5.91 Å². The number of nitrogens with two attached hydrogens (primary N) is 1. The third-order valence-electron chi connectivity index (χ3n) is 4.30. The first kappa shape index (κ1) is 24.2. The summed E-state index contributed by atoms with van der Waals surface area (Å²) in [7, 11) is 0. The Hall–Kier alpha value is -3.08. The fourth-order valence-electron chi connectivity index (χ4n) is 2.65.